The van der Waals surface area contributed by atoms with E-state index in [9.17, 15) is 5.26 Å². The highest BCUT2D eigenvalue weighted by Gasteiger charge is 2.19. The molecule has 0 aliphatic carbocycles. The van der Waals surface area contributed by atoms with Crippen LogP contribution in [-0.2, 0) is 0 Å². The fourth-order valence-corrected chi connectivity index (χ4v) is 8.13. The van der Waals surface area contributed by atoms with Crippen molar-refractivity contribution < 1.29 is 0 Å². The van der Waals surface area contributed by atoms with Crippen molar-refractivity contribution in [3.63, 3.8) is 0 Å². The van der Waals surface area contributed by atoms with Crippen LogP contribution in [0.1, 0.15) is 5.56 Å². The van der Waals surface area contributed by atoms with Crippen molar-refractivity contribution in [3.05, 3.63) is 139 Å². The number of nitrogens with zero attached hydrogens (tertiary/aromatic N) is 4. The second-order valence-electron chi connectivity index (χ2n) is 11.0. The lowest BCUT2D eigenvalue weighted by atomic mass is 10.0. The van der Waals surface area contributed by atoms with Gasteiger partial charge in [-0.05, 0) is 84.4 Å². The summed E-state index contributed by atoms with van der Waals surface area (Å²) in [5, 5.41) is 13.9. The minimum absolute atomic E-state index is 0.644. The number of benzene rings is 6. The quantitative estimate of drug-likeness (QED) is 0.199. The summed E-state index contributed by atoms with van der Waals surface area (Å²) in [6.45, 7) is 0. The van der Waals surface area contributed by atoms with Gasteiger partial charge in [0.15, 0.2) is 0 Å². The number of fused-ring (bicyclic) bond motifs is 5. The number of para-hydroxylation sites is 3. The second kappa shape index (κ2) is 10.2. The van der Waals surface area contributed by atoms with Crippen LogP contribution in [-0.4, -0.2) is 14.5 Å². The van der Waals surface area contributed by atoms with Gasteiger partial charge in [-0.25, -0.2) is 9.97 Å². The molecule has 0 aliphatic rings. The summed E-state index contributed by atoms with van der Waals surface area (Å²) in [5.74, 6) is 0. The van der Waals surface area contributed by atoms with E-state index < -0.39 is 0 Å². The van der Waals surface area contributed by atoms with Gasteiger partial charge < -0.3 is 4.57 Å². The van der Waals surface area contributed by atoms with E-state index in [1.165, 1.54) is 9.40 Å². The summed E-state index contributed by atoms with van der Waals surface area (Å²) in [4.78, 5) is 9.94. The van der Waals surface area contributed by atoms with Crippen molar-refractivity contribution in [2.45, 2.75) is 0 Å². The molecule has 0 atom stereocenters. The van der Waals surface area contributed by atoms with Crippen LogP contribution < -0.4 is 0 Å². The zero-order valence-corrected chi connectivity index (χ0v) is 25.4. The molecule has 0 aliphatic heterocycles. The van der Waals surface area contributed by atoms with Crippen LogP contribution in [0.3, 0.4) is 0 Å². The highest BCUT2D eigenvalue weighted by Crippen LogP contribution is 2.41. The molecule has 0 unspecified atom stereocenters. The van der Waals surface area contributed by atoms with Crippen LogP contribution in [0, 0.1) is 11.3 Å². The first-order valence-corrected chi connectivity index (χ1v) is 16.3. The third kappa shape index (κ3) is 4.25. The monoisotopic (exact) mass is 610 g/mol. The molecule has 0 N–H and O–H groups in total. The molecule has 6 heteroatoms. The predicted octanol–water partition coefficient (Wildman–Crippen LogP) is 10.9. The molecule has 45 heavy (non-hydrogen) atoms. The molecule has 0 amide bonds. The summed E-state index contributed by atoms with van der Waals surface area (Å²) in [6.07, 6.45) is 0. The lowest BCUT2D eigenvalue weighted by molar-refractivity contribution is 1.18. The summed E-state index contributed by atoms with van der Waals surface area (Å²) in [6, 6.07) is 48.5. The first-order valence-electron chi connectivity index (χ1n) is 14.6. The van der Waals surface area contributed by atoms with E-state index in [4.69, 9.17) is 9.97 Å². The lowest BCUT2D eigenvalue weighted by Crippen LogP contribution is -1.97. The Morgan fingerprint density at radius 2 is 1.11 bits per heavy atom. The van der Waals surface area contributed by atoms with Crippen LogP contribution in [0.4, 0.5) is 0 Å². The van der Waals surface area contributed by atoms with E-state index in [-0.39, 0.29) is 0 Å². The van der Waals surface area contributed by atoms with Gasteiger partial charge in [0.05, 0.1) is 48.8 Å². The SMILES string of the molecule is N#Cc1cccc(-c2ccccc2-n2c3ccc(-c4nc5ccccc5s4)cc3c3cc(-c4nc5ccccc5s4)ccc32)c1. The average Bonchev–Trinajstić information content (AvgIpc) is 3.81. The van der Waals surface area contributed by atoms with Crippen molar-refractivity contribution in [3.8, 4) is 44.0 Å². The molecule has 3 aromatic heterocycles. The van der Waals surface area contributed by atoms with Gasteiger partial charge in [0.25, 0.3) is 0 Å². The van der Waals surface area contributed by atoms with Gasteiger partial charge >= 0.3 is 0 Å². The third-order valence-electron chi connectivity index (χ3n) is 8.29. The summed E-state index contributed by atoms with van der Waals surface area (Å²) in [5.41, 5.74) is 10.2. The van der Waals surface area contributed by atoms with E-state index in [1.54, 1.807) is 22.7 Å². The van der Waals surface area contributed by atoms with Gasteiger partial charge in [-0.3, -0.25) is 0 Å². The normalized spacial score (nSPS) is 11.5. The fourth-order valence-electron chi connectivity index (χ4n) is 6.21. The number of rotatable bonds is 4. The van der Waals surface area contributed by atoms with Crippen molar-refractivity contribution in [2.24, 2.45) is 0 Å². The van der Waals surface area contributed by atoms with Crippen molar-refractivity contribution in [1.29, 1.82) is 5.26 Å². The Kier molecular flexibility index (Phi) is 5.88. The molecule has 0 fully saturated rings. The number of thiazole rings is 2. The molecule has 9 aromatic rings. The summed E-state index contributed by atoms with van der Waals surface area (Å²) in [7, 11) is 0. The highest BCUT2D eigenvalue weighted by atomic mass is 32.1. The highest BCUT2D eigenvalue weighted by molar-refractivity contribution is 7.22. The van der Waals surface area contributed by atoms with Crippen molar-refractivity contribution in [1.82, 2.24) is 14.5 Å². The minimum atomic E-state index is 0.644. The van der Waals surface area contributed by atoms with Gasteiger partial charge in [0.1, 0.15) is 10.0 Å². The topological polar surface area (TPSA) is 54.5 Å². The van der Waals surface area contributed by atoms with E-state index in [0.717, 1.165) is 70.8 Å². The molecule has 4 nitrogen and oxygen atoms in total. The Hall–Kier alpha value is -5.61. The van der Waals surface area contributed by atoms with Gasteiger partial charge in [0, 0.05) is 27.5 Å². The molecule has 0 spiro atoms. The van der Waals surface area contributed by atoms with Gasteiger partial charge in [-0.15, -0.1) is 22.7 Å². The maximum Gasteiger partial charge on any atom is 0.124 e. The number of hydrogen-bond acceptors (Lipinski definition) is 5. The van der Waals surface area contributed by atoms with Crippen LogP contribution in [0.2, 0.25) is 0 Å². The van der Waals surface area contributed by atoms with Gasteiger partial charge in [-0.2, -0.15) is 5.26 Å². The lowest BCUT2D eigenvalue weighted by Gasteiger charge is -2.14. The van der Waals surface area contributed by atoms with E-state index in [2.05, 4.69) is 114 Å². The van der Waals surface area contributed by atoms with E-state index in [1.807, 2.05) is 30.3 Å². The maximum absolute atomic E-state index is 9.61. The average molecular weight is 611 g/mol. The molecular weight excluding hydrogens is 589 g/mol. The van der Waals surface area contributed by atoms with Crippen LogP contribution in [0.15, 0.2) is 133 Å². The third-order valence-corrected chi connectivity index (χ3v) is 10.5. The molecule has 210 valence electrons. The molecule has 9 rings (SSSR count). The Labute approximate surface area is 266 Å². The van der Waals surface area contributed by atoms with Crippen LogP contribution >= 0.6 is 22.7 Å². The van der Waals surface area contributed by atoms with E-state index in [0.29, 0.717) is 5.56 Å². The predicted molar refractivity (Wildman–Crippen MR) is 188 cm³/mol. The van der Waals surface area contributed by atoms with Crippen LogP contribution in [0.25, 0.3) is 80.2 Å². The second-order valence-corrected chi connectivity index (χ2v) is 13.0. The Morgan fingerprint density at radius 1 is 0.533 bits per heavy atom. The largest absolute Gasteiger partial charge is 0.309 e. The zero-order chi connectivity index (χ0) is 29.9. The van der Waals surface area contributed by atoms with Crippen LogP contribution in [0.5, 0.6) is 0 Å². The van der Waals surface area contributed by atoms with Crippen molar-refractivity contribution >= 4 is 64.9 Å². The Bertz CT molecular complexity index is 2440. The van der Waals surface area contributed by atoms with Crippen molar-refractivity contribution in [2.75, 3.05) is 0 Å². The Morgan fingerprint density at radius 3 is 1.71 bits per heavy atom. The molecule has 0 radical (unpaired) electrons. The Balaban J connectivity index is 1.31. The first-order chi connectivity index (χ1) is 22.2. The zero-order valence-electron chi connectivity index (χ0n) is 23.8. The number of aromatic nitrogens is 3. The minimum Gasteiger partial charge on any atom is -0.309 e. The fraction of sp³-hybridized carbons (Fsp3) is 0. The van der Waals surface area contributed by atoms with Gasteiger partial charge in [-0.1, -0.05) is 54.6 Å². The molecule has 6 aromatic carbocycles. The standard InChI is InChI=1S/C39H22N4S2/c40-23-24-8-7-9-25(20-24)28-10-1-4-13-33(28)43-34-18-16-26(38-41-31-11-2-5-14-36(31)44-38)21-29(34)30-22-27(17-19-35(30)43)39-42-32-12-3-6-15-37(32)45-39/h1-22H. The smallest absolute Gasteiger partial charge is 0.124 e. The molecule has 0 saturated heterocycles. The molecule has 0 bridgehead atoms. The number of hydrogen-bond donors (Lipinski definition) is 0. The molecular formula is C39H22N4S2. The first kappa shape index (κ1) is 25.8. The molecule has 0 saturated carbocycles. The maximum atomic E-state index is 9.61. The van der Waals surface area contributed by atoms with Gasteiger partial charge in [0.2, 0.25) is 0 Å². The summed E-state index contributed by atoms with van der Waals surface area (Å²) >= 11 is 3.44. The number of nitriles is 1. The summed E-state index contributed by atoms with van der Waals surface area (Å²) < 4.78 is 4.71. The van der Waals surface area contributed by atoms with E-state index >= 15 is 0 Å². The molecule has 3 heterocycles.